The van der Waals surface area contributed by atoms with Crippen LogP contribution in [0.15, 0.2) is 12.3 Å². The summed E-state index contributed by atoms with van der Waals surface area (Å²) in [6.45, 7) is 2.09. The Hall–Kier alpha value is -1.43. The van der Waals surface area contributed by atoms with Crippen molar-refractivity contribution in [3.8, 4) is 0 Å². The van der Waals surface area contributed by atoms with Crippen molar-refractivity contribution in [2.45, 2.75) is 19.8 Å². The molecule has 0 atom stereocenters. The van der Waals surface area contributed by atoms with Crippen molar-refractivity contribution < 1.29 is 13.6 Å². The van der Waals surface area contributed by atoms with Crippen molar-refractivity contribution in [2.75, 3.05) is 25.5 Å². The Kier molecular flexibility index (Phi) is 5.95. The van der Waals surface area contributed by atoms with Crippen LogP contribution in [0.5, 0.6) is 0 Å². The maximum absolute atomic E-state index is 12.2. The summed E-state index contributed by atoms with van der Waals surface area (Å²) in [6.07, 6.45) is -0.327. The van der Waals surface area contributed by atoms with Gasteiger partial charge in [-0.25, -0.2) is 13.8 Å². The van der Waals surface area contributed by atoms with Crippen LogP contribution in [-0.4, -0.2) is 42.4 Å². The number of hydrogen-bond acceptors (Lipinski definition) is 3. The van der Waals surface area contributed by atoms with E-state index in [9.17, 15) is 13.6 Å². The number of amides is 1. The number of rotatable bonds is 6. The fourth-order valence-electron chi connectivity index (χ4n) is 1.44. The second kappa shape index (κ2) is 7.23. The third-order valence-electron chi connectivity index (χ3n) is 2.39. The zero-order chi connectivity index (χ0) is 14.4. The molecule has 0 unspecified atom stereocenters. The van der Waals surface area contributed by atoms with Gasteiger partial charge in [-0.2, -0.15) is 0 Å². The number of hydrogen-bond donors (Lipinski definition) is 1. The van der Waals surface area contributed by atoms with Gasteiger partial charge in [0.1, 0.15) is 5.82 Å². The fraction of sp³-hybridized carbons (Fsp3) is 0.500. The number of aromatic nitrogens is 1. The van der Waals surface area contributed by atoms with Crippen molar-refractivity contribution in [1.29, 1.82) is 0 Å². The zero-order valence-corrected chi connectivity index (χ0v) is 11.5. The normalized spacial score (nSPS) is 10.6. The van der Waals surface area contributed by atoms with Crippen LogP contribution in [0, 0.1) is 0 Å². The van der Waals surface area contributed by atoms with Gasteiger partial charge in [0.15, 0.2) is 0 Å². The summed E-state index contributed by atoms with van der Waals surface area (Å²) in [7, 11) is 1.31. The first-order valence-corrected chi connectivity index (χ1v) is 6.26. The molecule has 1 rings (SSSR count). The van der Waals surface area contributed by atoms with Gasteiger partial charge in [-0.15, -0.1) is 0 Å². The van der Waals surface area contributed by atoms with Crippen LogP contribution >= 0.6 is 11.6 Å². The van der Waals surface area contributed by atoms with Gasteiger partial charge in [0.2, 0.25) is 0 Å². The minimum atomic E-state index is -2.57. The van der Waals surface area contributed by atoms with E-state index in [0.717, 1.165) is 11.3 Å². The number of nitrogens with zero attached hydrogens (tertiary/aromatic N) is 2. The van der Waals surface area contributed by atoms with E-state index >= 15 is 0 Å². The number of carbonyl (C=O) groups is 1. The molecule has 1 aromatic rings. The molecule has 4 nitrogen and oxygen atoms in total. The monoisotopic (exact) mass is 291 g/mol. The summed E-state index contributed by atoms with van der Waals surface area (Å²) in [6, 6.07) is 1.43. The third-order valence-corrected chi connectivity index (χ3v) is 2.68. The first-order valence-electron chi connectivity index (χ1n) is 5.88. The molecule has 0 aromatic carbocycles. The molecule has 0 aliphatic heterocycles. The van der Waals surface area contributed by atoms with Gasteiger partial charge in [-0.05, 0) is 12.5 Å². The van der Waals surface area contributed by atoms with Crippen LogP contribution in [0.4, 0.5) is 14.6 Å². The van der Waals surface area contributed by atoms with Crippen molar-refractivity contribution in [3.05, 3.63) is 22.8 Å². The van der Waals surface area contributed by atoms with Gasteiger partial charge in [0.25, 0.3) is 12.3 Å². The van der Waals surface area contributed by atoms with Crippen LogP contribution in [0.3, 0.4) is 0 Å². The lowest BCUT2D eigenvalue weighted by atomic mass is 10.2. The number of pyridine rings is 1. The van der Waals surface area contributed by atoms with Crippen molar-refractivity contribution >= 4 is 23.3 Å². The lowest BCUT2D eigenvalue weighted by Gasteiger charge is -2.16. The molecule has 0 saturated heterocycles. The average molecular weight is 292 g/mol. The van der Waals surface area contributed by atoms with Crippen molar-refractivity contribution in [1.82, 2.24) is 9.88 Å². The molecule has 19 heavy (non-hydrogen) atoms. The first kappa shape index (κ1) is 15.6. The Bertz CT molecular complexity index is 443. The highest BCUT2D eigenvalue weighted by atomic mass is 35.5. The summed E-state index contributed by atoms with van der Waals surface area (Å²) in [5.74, 6) is -0.0479. The van der Waals surface area contributed by atoms with E-state index in [0.29, 0.717) is 17.4 Å². The molecule has 0 spiro atoms. The molecule has 1 amide bonds. The molecular weight excluding hydrogens is 276 g/mol. The molecule has 0 saturated carbocycles. The number of carbonyl (C=O) groups excluding carboxylic acids is 1. The maximum atomic E-state index is 12.2. The Morgan fingerprint density at radius 1 is 1.58 bits per heavy atom. The standard InChI is InChI=1S/C12H16ClF2N3O/c1-3-4-16-11-9(13)5-8(6-17-11)12(19)18(2)7-10(14)15/h5-6,10H,3-4,7H2,1-2H3,(H,16,17). The summed E-state index contributed by atoms with van der Waals surface area (Å²) in [5, 5.41) is 3.30. The minimum Gasteiger partial charge on any atom is -0.369 e. The molecule has 0 bridgehead atoms. The van der Waals surface area contributed by atoms with E-state index in [1.165, 1.54) is 19.3 Å². The van der Waals surface area contributed by atoms with E-state index in [1.54, 1.807) is 0 Å². The van der Waals surface area contributed by atoms with Crippen LogP contribution < -0.4 is 5.32 Å². The van der Waals surface area contributed by atoms with E-state index < -0.39 is 18.9 Å². The Balaban J connectivity index is 2.79. The summed E-state index contributed by atoms with van der Waals surface area (Å²) in [4.78, 5) is 16.8. The second-order valence-electron chi connectivity index (χ2n) is 4.06. The molecule has 1 heterocycles. The molecule has 0 fully saturated rings. The summed E-state index contributed by atoms with van der Waals surface area (Å²) >= 11 is 5.98. The van der Waals surface area contributed by atoms with Gasteiger partial charge in [-0.3, -0.25) is 4.79 Å². The fourth-order valence-corrected chi connectivity index (χ4v) is 1.67. The van der Waals surface area contributed by atoms with Crippen LogP contribution in [0.25, 0.3) is 0 Å². The quantitative estimate of drug-likeness (QED) is 0.876. The molecule has 0 aliphatic carbocycles. The number of alkyl halides is 2. The molecular formula is C12H16ClF2N3O. The first-order chi connectivity index (χ1) is 8.95. The molecule has 0 radical (unpaired) electrons. The Morgan fingerprint density at radius 2 is 2.26 bits per heavy atom. The number of nitrogens with one attached hydrogen (secondary N) is 1. The highest BCUT2D eigenvalue weighted by molar-refractivity contribution is 6.33. The number of halogens is 3. The van der Waals surface area contributed by atoms with E-state index in [-0.39, 0.29) is 5.56 Å². The SMILES string of the molecule is CCCNc1ncc(C(=O)N(C)CC(F)F)cc1Cl. The largest absolute Gasteiger partial charge is 0.369 e. The van der Waals surface area contributed by atoms with Gasteiger partial charge < -0.3 is 10.2 Å². The van der Waals surface area contributed by atoms with E-state index in [1.807, 2.05) is 6.92 Å². The average Bonchev–Trinajstić information content (AvgIpc) is 2.35. The van der Waals surface area contributed by atoms with E-state index in [2.05, 4.69) is 10.3 Å². The van der Waals surface area contributed by atoms with Crippen LogP contribution in [0.2, 0.25) is 5.02 Å². The molecule has 1 N–H and O–H groups in total. The van der Waals surface area contributed by atoms with Gasteiger partial charge in [0, 0.05) is 19.8 Å². The highest BCUT2D eigenvalue weighted by Crippen LogP contribution is 2.20. The number of anilines is 1. The van der Waals surface area contributed by atoms with E-state index in [4.69, 9.17) is 11.6 Å². The van der Waals surface area contributed by atoms with Gasteiger partial charge in [0.05, 0.1) is 17.1 Å². The molecule has 7 heteroatoms. The summed E-state index contributed by atoms with van der Waals surface area (Å²) in [5.41, 5.74) is 0.190. The zero-order valence-electron chi connectivity index (χ0n) is 10.8. The second-order valence-corrected chi connectivity index (χ2v) is 4.47. The topological polar surface area (TPSA) is 45.2 Å². The Labute approximate surface area is 115 Å². The minimum absolute atomic E-state index is 0.190. The third kappa shape index (κ3) is 4.63. The predicted octanol–water partition coefficient (Wildman–Crippen LogP) is 2.89. The van der Waals surface area contributed by atoms with Crippen LogP contribution in [-0.2, 0) is 0 Å². The smallest absolute Gasteiger partial charge is 0.255 e. The molecule has 1 aromatic heterocycles. The van der Waals surface area contributed by atoms with Crippen molar-refractivity contribution in [3.63, 3.8) is 0 Å². The molecule has 106 valence electrons. The van der Waals surface area contributed by atoms with Gasteiger partial charge in [-0.1, -0.05) is 18.5 Å². The van der Waals surface area contributed by atoms with Crippen LogP contribution in [0.1, 0.15) is 23.7 Å². The van der Waals surface area contributed by atoms with Crippen molar-refractivity contribution in [2.24, 2.45) is 0 Å². The Morgan fingerprint density at radius 3 is 2.79 bits per heavy atom. The predicted molar refractivity (Wildman–Crippen MR) is 71.0 cm³/mol. The lowest BCUT2D eigenvalue weighted by molar-refractivity contribution is 0.0620. The summed E-state index contributed by atoms with van der Waals surface area (Å²) < 4.78 is 24.4. The lowest BCUT2D eigenvalue weighted by Crippen LogP contribution is -2.31. The maximum Gasteiger partial charge on any atom is 0.255 e. The molecule has 0 aliphatic rings. The highest BCUT2D eigenvalue weighted by Gasteiger charge is 2.17. The van der Waals surface area contributed by atoms with Gasteiger partial charge >= 0.3 is 0 Å².